The van der Waals surface area contributed by atoms with Gasteiger partial charge in [-0.25, -0.2) is 9.37 Å². The summed E-state index contributed by atoms with van der Waals surface area (Å²) in [5, 5.41) is 2.83. The first-order valence-electron chi connectivity index (χ1n) is 13.0. The van der Waals surface area contributed by atoms with Gasteiger partial charge < -0.3 is 10.2 Å². The smallest absolute Gasteiger partial charge is 0.275 e. The van der Waals surface area contributed by atoms with Gasteiger partial charge in [0.15, 0.2) is 0 Å². The Morgan fingerprint density at radius 1 is 1.11 bits per heavy atom. The molecule has 1 amide bonds. The summed E-state index contributed by atoms with van der Waals surface area (Å²) in [4.78, 5) is 26.0. The van der Waals surface area contributed by atoms with Crippen LogP contribution in [0.3, 0.4) is 0 Å². The van der Waals surface area contributed by atoms with E-state index in [2.05, 4.69) is 32.0 Å². The molecule has 1 atom stereocenters. The van der Waals surface area contributed by atoms with Crippen LogP contribution in [0.25, 0.3) is 0 Å². The number of piperazine rings is 1. The van der Waals surface area contributed by atoms with Crippen molar-refractivity contribution >= 4 is 11.6 Å². The Kier molecular flexibility index (Phi) is 6.87. The fourth-order valence-electron chi connectivity index (χ4n) is 5.75. The lowest BCUT2D eigenvalue weighted by atomic mass is 9.98. The van der Waals surface area contributed by atoms with Crippen molar-refractivity contribution in [3.8, 4) is 0 Å². The van der Waals surface area contributed by atoms with Crippen molar-refractivity contribution in [3.63, 3.8) is 0 Å². The van der Waals surface area contributed by atoms with Crippen molar-refractivity contribution in [1.82, 2.24) is 19.8 Å². The molecule has 1 aromatic carbocycles. The molecule has 2 aliphatic carbocycles. The van der Waals surface area contributed by atoms with E-state index in [0.717, 1.165) is 42.4 Å². The molecule has 7 heteroatoms. The highest BCUT2D eigenvalue weighted by atomic mass is 19.1. The molecule has 1 saturated heterocycles. The van der Waals surface area contributed by atoms with Crippen molar-refractivity contribution in [2.75, 3.05) is 25.0 Å². The molecule has 5 rings (SSSR count). The number of carbonyl (C=O) groups is 1. The van der Waals surface area contributed by atoms with E-state index >= 15 is 0 Å². The predicted molar refractivity (Wildman–Crippen MR) is 136 cm³/mol. The van der Waals surface area contributed by atoms with E-state index in [1.54, 1.807) is 23.5 Å². The van der Waals surface area contributed by atoms with Crippen LogP contribution in [-0.4, -0.2) is 51.4 Å². The van der Waals surface area contributed by atoms with E-state index in [1.807, 2.05) is 13.8 Å². The Hall–Kier alpha value is -2.80. The minimum absolute atomic E-state index is 0.216. The average molecular weight is 478 g/mol. The molecule has 0 unspecified atom stereocenters. The van der Waals surface area contributed by atoms with Crippen LogP contribution in [0.4, 0.5) is 10.1 Å². The summed E-state index contributed by atoms with van der Waals surface area (Å²) in [6, 6.07) is 3.43. The second kappa shape index (κ2) is 10.1. The van der Waals surface area contributed by atoms with Crippen LogP contribution in [0, 0.1) is 25.6 Å². The minimum atomic E-state index is -0.382. The summed E-state index contributed by atoms with van der Waals surface area (Å²) in [5.74, 6) is 0.0351. The van der Waals surface area contributed by atoms with Gasteiger partial charge >= 0.3 is 0 Å². The number of benzene rings is 1. The van der Waals surface area contributed by atoms with Gasteiger partial charge in [-0.15, -0.1) is 0 Å². The zero-order valence-corrected chi connectivity index (χ0v) is 21.1. The molecule has 3 fully saturated rings. The van der Waals surface area contributed by atoms with Crippen LogP contribution in [0.5, 0.6) is 0 Å². The zero-order valence-electron chi connectivity index (χ0n) is 21.1. The molecule has 1 aliphatic heterocycles. The van der Waals surface area contributed by atoms with Gasteiger partial charge in [0.05, 0.1) is 11.9 Å². The SMILES string of the molecule is Cc1cnc(C(=O)Nc2cc(F)cc(CN3CCN(C(=C4CC4)C4CCCC4)[C@@H](C)C3)c2C)cn1. The molecule has 35 heavy (non-hydrogen) atoms. The Morgan fingerprint density at radius 2 is 1.89 bits per heavy atom. The zero-order chi connectivity index (χ0) is 24.5. The number of anilines is 1. The fraction of sp³-hybridized carbons (Fsp3) is 0.536. The van der Waals surface area contributed by atoms with Crippen molar-refractivity contribution in [3.05, 3.63) is 64.1 Å². The largest absolute Gasteiger partial charge is 0.369 e. The van der Waals surface area contributed by atoms with Gasteiger partial charge in [-0.1, -0.05) is 18.4 Å². The summed E-state index contributed by atoms with van der Waals surface area (Å²) in [7, 11) is 0. The number of nitrogens with zero attached hydrogens (tertiary/aromatic N) is 4. The lowest BCUT2D eigenvalue weighted by molar-refractivity contribution is 0.0952. The van der Waals surface area contributed by atoms with Crippen LogP contribution < -0.4 is 5.32 Å². The second-order valence-electron chi connectivity index (χ2n) is 10.5. The normalized spacial score (nSPS) is 20.9. The highest BCUT2D eigenvalue weighted by Gasteiger charge is 2.34. The van der Waals surface area contributed by atoms with Crippen LogP contribution in [0.2, 0.25) is 0 Å². The molecule has 2 saturated carbocycles. The van der Waals surface area contributed by atoms with E-state index in [0.29, 0.717) is 18.3 Å². The van der Waals surface area contributed by atoms with E-state index in [9.17, 15) is 9.18 Å². The fourth-order valence-corrected chi connectivity index (χ4v) is 5.75. The Bertz CT molecular complexity index is 1120. The van der Waals surface area contributed by atoms with Gasteiger partial charge in [0.2, 0.25) is 0 Å². The molecule has 0 radical (unpaired) electrons. The number of rotatable bonds is 6. The molecule has 1 N–H and O–H groups in total. The Balaban J connectivity index is 1.27. The van der Waals surface area contributed by atoms with Gasteiger partial charge in [0.1, 0.15) is 11.5 Å². The third-order valence-electron chi connectivity index (χ3n) is 7.76. The van der Waals surface area contributed by atoms with Crippen molar-refractivity contribution in [2.24, 2.45) is 5.92 Å². The number of aryl methyl sites for hydroxylation is 1. The first-order valence-corrected chi connectivity index (χ1v) is 13.0. The highest BCUT2D eigenvalue weighted by molar-refractivity contribution is 6.03. The summed E-state index contributed by atoms with van der Waals surface area (Å²) in [6.07, 6.45) is 11.0. The van der Waals surface area contributed by atoms with Crippen molar-refractivity contribution in [1.29, 1.82) is 0 Å². The van der Waals surface area contributed by atoms with E-state index in [1.165, 1.54) is 50.8 Å². The maximum Gasteiger partial charge on any atom is 0.275 e. The number of amides is 1. The van der Waals surface area contributed by atoms with Gasteiger partial charge in [-0.2, -0.15) is 0 Å². The molecular weight excluding hydrogens is 441 g/mol. The van der Waals surface area contributed by atoms with Gasteiger partial charge in [0.25, 0.3) is 5.91 Å². The van der Waals surface area contributed by atoms with Crippen molar-refractivity contribution in [2.45, 2.75) is 71.9 Å². The van der Waals surface area contributed by atoms with Crippen LogP contribution >= 0.6 is 0 Å². The average Bonchev–Trinajstić information content (AvgIpc) is 3.52. The second-order valence-corrected chi connectivity index (χ2v) is 10.5. The molecule has 2 aromatic rings. The lowest BCUT2D eigenvalue weighted by Gasteiger charge is -2.44. The summed E-state index contributed by atoms with van der Waals surface area (Å²) < 4.78 is 14.6. The first-order chi connectivity index (χ1) is 16.9. The molecular formula is C28H36FN5O. The number of hydrogen-bond donors (Lipinski definition) is 1. The molecule has 186 valence electrons. The molecule has 0 spiro atoms. The number of carbonyl (C=O) groups excluding carboxylic acids is 1. The van der Waals surface area contributed by atoms with Gasteiger partial charge in [0, 0.05) is 49.8 Å². The molecule has 2 heterocycles. The quantitative estimate of drug-likeness (QED) is 0.617. The Labute approximate surface area is 207 Å². The number of allylic oxidation sites excluding steroid dienone is 2. The maximum absolute atomic E-state index is 14.6. The number of nitrogens with one attached hydrogen (secondary N) is 1. The number of hydrogen-bond acceptors (Lipinski definition) is 5. The number of aromatic nitrogens is 2. The maximum atomic E-state index is 14.6. The van der Waals surface area contributed by atoms with Crippen LogP contribution in [-0.2, 0) is 6.54 Å². The third-order valence-corrected chi connectivity index (χ3v) is 7.76. The topological polar surface area (TPSA) is 61.4 Å². The summed E-state index contributed by atoms with van der Waals surface area (Å²) >= 11 is 0. The van der Waals surface area contributed by atoms with Gasteiger partial charge in [-0.05, 0) is 75.6 Å². The molecule has 0 bridgehead atoms. The summed E-state index contributed by atoms with van der Waals surface area (Å²) in [5.41, 5.74) is 6.60. The van der Waals surface area contributed by atoms with Crippen molar-refractivity contribution < 1.29 is 9.18 Å². The Morgan fingerprint density at radius 3 is 2.54 bits per heavy atom. The highest BCUT2D eigenvalue weighted by Crippen LogP contribution is 2.43. The summed E-state index contributed by atoms with van der Waals surface area (Å²) in [6.45, 7) is 9.71. The predicted octanol–water partition coefficient (Wildman–Crippen LogP) is 5.23. The van der Waals surface area contributed by atoms with Gasteiger partial charge in [-0.3, -0.25) is 14.7 Å². The van der Waals surface area contributed by atoms with Crippen LogP contribution in [0.15, 0.2) is 35.8 Å². The lowest BCUT2D eigenvalue weighted by Crippen LogP contribution is -2.51. The minimum Gasteiger partial charge on any atom is -0.369 e. The first kappa shape index (κ1) is 23.9. The standard InChI is InChI=1S/C28H36FN5O/c1-18-14-31-26(15-30-18)28(35)32-25-13-24(29)12-23(20(25)3)17-33-10-11-34(19(2)16-33)27(22-8-9-22)21-6-4-5-7-21/h12-15,19,21H,4-11,16-17H2,1-3H3,(H,32,35)/t19-/m0/s1. The van der Waals surface area contributed by atoms with E-state index in [-0.39, 0.29) is 17.4 Å². The molecule has 1 aromatic heterocycles. The van der Waals surface area contributed by atoms with E-state index < -0.39 is 0 Å². The van der Waals surface area contributed by atoms with Crippen LogP contribution in [0.1, 0.15) is 72.8 Å². The van der Waals surface area contributed by atoms with E-state index in [4.69, 9.17) is 0 Å². The third kappa shape index (κ3) is 5.40. The molecule has 6 nitrogen and oxygen atoms in total. The monoisotopic (exact) mass is 477 g/mol. The number of halogens is 1. The molecule has 3 aliphatic rings.